The summed E-state index contributed by atoms with van der Waals surface area (Å²) < 4.78 is 26.5. The van der Waals surface area contributed by atoms with Crippen molar-refractivity contribution in [3.05, 3.63) is 58.7 Å². The maximum absolute atomic E-state index is 15.3. The number of ether oxygens (including phenoxy) is 6. The molecular formula is C40H42O20S. The highest BCUT2D eigenvalue weighted by Gasteiger charge is 2.78. The lowest BCUT2D eigenvalue weighted by molar-refractivity contribution is -0.287. The predicted octanol–water partition coefficient (Wildman–Crippen LogP) is -0.939. The standard InChI is InChI=1S/C40H42O20S/c1-15-39(53)33(50)25-19(7-5-9-21(25)41)31(48)37(39,13-17(57-15)11-23(43)55-3)61-38-14-18(12-24(44)59-36-29(47)27(45)28(46)30(60-36)35(52)56-4)58-16(2)40(38,54)34(51)26-20(32(38)49)8-6-10-22(26)42/h5-10,15-18,27-30,36,41-42,45-47,53-54H,11-14H2,1-4H3/t15-,16-,17-,18-,27+,28+,29-,30+,36-,37+,38+,39+,40+/m0/s1. The van der Waals surface area contributed by atoms with Crippen LogP contribution in [0.5, 0.6) is 11.5 Å². The topological polar surface area (TPSA) is 316 Å². The van der Waals surface area contributed by atoms with Crippen LogP contribution in [-0.4, -0.2) is 167 Å². The maximum atomic E-state index is 15.3. The van der Waals surface area contributed by atoms with Gasteiger partial charge in [-0.25, -0.2) is 4.79 Å². The maximum Gasteiger partial charge on any atom is 0.337 e. The van der Waals surface area contributed by atoms with Gasteiger partial charge in [0.2, 0.25) is 17.9 Å². The molecule has 0 aromatic heterocycles. The lowest BCUT2D eigenvalue weighted by atomic mass is 9.63. The summed E-state index contributed by atoms with van der Waals surface area (Å²) in [6.07, 6.45) is -19.5. The fourth-order valence-corrected chi connectivity index (χ4v) is 11.6. The number of Topliss-reactive ketones (excluding diaryl/α,β-unsaturated/α-hetero) is 4. The highest BCUT2D eigenvalue weighted by Crippen LogP contribution is 2.64. The van der Waals surface area contributed by atoms with Gasteiger partial charge in [0.15, 0.2) is 28.9 Å². The molecule has 20 nitrogen and oxygen atoms in total. The number of aliphatic hydroxyl groups is 5. The van der Waals surface area contributed by atoms with Gasteiger partial charge in [-0.3, -0.25) is 28.8 Å². The normalized spacial score (nSPS) is 38.0. The molecular weight excluding hydrogens is 832 g/mol. The van der Waals surface area contributed by atoms with Crippen molar-refractivity contribution in [1.82, 2.24) is 0 Å². The van der Waals surface area contributed by atoms with Gasteiger partial charge in [0.1, 0.15) is 39.3 Å². The van der Waals surface area contributed by atoms with Crippen molar-refractivity contribution in [1.29, 1.82) is 0 Å². The van der Waals surface area contributed by atoms with E-state index in [1.54, 1.807) is 0 Å². The third-order valence-electron chi connectivity index (χ3n) is 12.3. The molecule has 21 heteroatoms. The van der Waals surface area contributed by atoms with Crippen LogP contribution in [0.2, 0.25) is 0 Å². The van der Waals surface area contributed by atoms with E-state index >= 15 is 9.59 Å². The molecule has 3 fully saturated rings. The lowest BCUT2D eigenvalue weighted by Gasteiger charge is -2.61. The Kier molecular flexibility index (Phi) is 11.2. The Labute approximate surface area is 349 Å². The second-order valence-corrected chi connectivity index (χ2v) is 17.2. The van der Waals surface area contributed by atoms with Gasteiger partial charge >= 0.3 is 17.9 Å². The molecule has 0 spiro atoms. The Morgan fingerprint density at radius 3 is 1.57 bits per heavy atom. The molecule has 2 aliphatic carbocycles. The smallest absolute Gasteiger partial charge is 0.337 e. The summed E-state index contributed by atoms with van der Waals surface area (Å²) in [6.45, 7) is 2.38. The molecule has 5 aliphatic rings. The Morgan fingerprint density at radius 1 is 0.672 bits per heavy atom. The molecule has 3 heterocycles. The number of fused-ring (bicyclic) bond motifs is 4. The molecule has 3 saturated heterocycles. The van der Waals surface area contributed by atoms with Gasteiger partial charge in [0, 0.05) is 11.1 Å². The first-order valence-electron chi connectivity index (χ1n) is 19.0. The second-order valence-electron chi connectivity index (χ2n) is 15.6. The van der Waals surface area contributed by atoms with E-state index in [2.05, 4.69) is 4.74 Å². The number of phenolic OH excluding ortho intramolecular Hbond substituents is 2. The van der Waals surface area contributed by atoms with E-state index in [0.717, 1.165) is 39.3 Å². The van der Waals surface area contributed by atoms with Crippen LogP contribution in [0.3, 0.4) is 0 Å². The van der Waals surface area contributed by atoms with E-state index < -0.39 is 176 Å². The monoisotopic (exact) mass is 874 g/mol. The molecule has 328 valence electrons. The van der Waals surface area contributed by atoms with Crippen LogP contribution in [-0.2, 0) is 42.8 Å². The van der Waals surface area contributed by atoms with Gasteiger partial charge in [-0.1, -0.05) is 24.3 Å². The minimum atomic E-state index is -3.06. The van der Waals surface area contributed by atoms with Crippen molar-refractivity contribution in [2.45, 2.75) is 115 Å². The third kappa shape index (κ3) is 6.31. The van der Waals surface area contributed by atoms with Gasteiger partial charge in [-0.2, -0.15) is 0 Å². The summed E-state index contributed by atoms with van der Waals surface area (Å²) in [4.78, 5) is 98.5. The minimum Gasteiger partial charge on any atom is -0.507 e. The highest BCUT2D eigenvalue weighted by atomic mass is 32.2. The Morgan fingerprint density at radius 2 is 1.13 bits per heavy atom. The van der Waals surface area contributed by atoms with Gasteiger partial charge in [-0.05, 0) is 38.8 Å². The van der Waals surface area contributed by atoms with Crippen LogP contribution in [0.1, 0.15) is 81.0 Å². The average molecular weight is 875 g/mol. The number of aliphatic hydroxyl groups excluding tert-OH is 3. The molecule has 0 saturated carbocycles. The average Bonchev–Trinajstić information content (AvgIpc) is 3.21. The SMILES string of the molecule is COC(=O)C[C@H]1C[C@@]2(S[C@@]34C[C@H](CC(=O)O[C@H]5O[C@@H](C(=O)OC)[C@H](O)[C@@H](O)[C@@H]5O)O[C@@H](C)[C@@]3(O)C(=O)c3c(O)cccc3C4=O)C(=O)c3cccc(O)c3C(=O)[C@]2(O)[C@H](C)O1. The first-order valence-corrected chi connectivity index (χ1v) is 19.8. The predicted molar refractivity (Wildman–Crippen MR) is 200 cm³/mol. The third-order valence-corrected chi connectivity index (χ3v) is 14.3. The summed E-state index contributed by atoms with van der Waals surface area (Å²) in [5.74, 6) is -9.33. The van der Waals surface area contributed by atoms with Gasteiger partial charge < -0.3 is 64.2 Å². The number of thioether (sulfide) groups is 1. The van der Waals surface area contributed by atoms with Crippen LogP contribution >= 0.6 is 11.8 Å². The lowest BCUT2D eigenvalue weighted by Crippen LogP contribution is -2.79. The van der Waals surface area contributed by atoms with Gasteiger partial charge in [0.25, 0.3) is 0 Å². The number of hydrogen-bond acceptors (Lipinski definition) is 21. The van der Waals surface area contributed by atoms with Crippen LogP contribution in [0, 0.1) is 0 Å². The first-order chi connectivity index (χ1) is 28.6. The highest BCUT2D eigenvalue weighted by molar-refractivity contribution is 8.03. The largest absolute Gasteiger partial charge is 0.507 e. The van der Waals surface area contributed by atoms with E-state index in [0.29, 0.717) is 0 Å². The summed E-state index contributed by atoms with van der Waals surface area (Å²) >= 11 is 0.239. The number of carbonyl (C=O) groups is 7. The summed E-state index contributed by atoms with van der Waals surface area (Å²) in [5, 5.41) is 78.8. The van der Waals surface area contributed by atoms with E-state index in [9.17, 15) is 59.7 Å². The number of methoxy groups -OCH3 is 2. The van der Waals surface area contributed by atoms with Crippen molar-refractivity contribution in [3.63, 3.8) is 0 Å². The summed E-state index contributed by atoms with van der Waals surface area (Å²) in [7, 11) is 2.03. The number of carbonyl (C=O) groups excluding carboxylic acids is 7. The van der Waals surface area contributed by atoms with Gasteiger partial charge in [0.05, 0.1) is 62.6 Å². The fourth-order valence-electron chi connectivity index (χ4n) is 9.26. The molecule has 2 aromatic carbocycles. The number of hydrogen-bond donors (Lipinski definition) is 7. The zero-order valence-corrected chi connectivity index (χ0v) is 33.7. The number of rotatable bonds is 8. The zero-order chi connectivity index (χ0) is 44.7. The molecule has 0 bridgehead atoms. The zero-order valence-electron chi connectivity index (χ0n) is 32.8. The molecule has 7 N–H and O–H groups in total. The number of ketones is 4. The van der Waals surface area contributed by atoms with Gasteiger partial charge in [-0.15, -0.1) is 11.8 Å². The van der Waals surface area contributed by atoms with Crippen molar-refractivity contribution in [2.75, 3.05) is 14.2 Å². The van der Waals surface area contributed by atoms with Crippen LogP contribution < -0.4 is 0 Å². The van der Waals surface area contributed by atoms with E-state index in [1.807, 2.05) is 0 Å². The van der Waals surface area contributed by atoms with Crippen LogP contribution in [0.15, 0.2) is 36.4 Å². The quantitative estimate of drug-likeness (QED) is 0.124. The van der Waals surface area contributed by atoms with E-state index in [4.69, 9.17) is 23.7 Å². The minimum absolute atomic E-state index is 0.239. The number of phenols is 2. The molecule has 0 unspecified atom stereocenters. The van der Waals surface area contributed by atoms with E-state index in [-0.39, 0.29) is 11.8 Å². The molecule has 0 amide bonds. The van der Waals surface area contributed by atoms with Crippen molar-refractivity contribution in [2.24, 2.45) is 0 Å². The number of benzene rings is 2. The van der Waals surface area contributed by atoms with Crippen molar-refractivity contribution in [3.8, 4) is 11.5 Å². The number of aromatic hydroxyl groups is 2. The second kappa shape index (κ2) is 15.5. The first kappa shape index (κ1) is 44.2. The molecule has 13 atom stereocenters. The summed E-state index contributed by atoms with van der Waals surface area (Å²) in [6, 6.07) is 7.02. The van der Waals surface area contributed by atoms with Crippen molar-refractivity contribution >= 4 is 52.8 Å². The Balaban J connectivity index is 1.37. The fraction of sp³-hybridized carbons (Fsp3) is 0.525. The summed E-state index contributed by atoms with van der Waals surface area (Å²) in [5.41, 5.74) is -8.11. The van der Waals surface area contributed by atoms with Crippen molar-refractivity contribution < 1.29 is 97.7 Å². The Hall–Kier alpha value is -4.84. The van der Waals surface area contributed by atoms with Crippen LogP contribution in [0.25, 0.3) is 0 Å². The molecule has 2 aromatic rings. The molecule has 7 rings (SSSR count). The molecule has 3 aliphatic heterocycles. The van der Waals surface area contributed by atoms with E-state index in [1.165, 1.54) is 25.1 Å². The Bertz CT molecular complexity index is 2230. The molecule has 0 radical (unpaired) electrons. The molecule has 61 heavy (non-hydrogen) atoms. The van der Waals surface area contributed by atoms with Crippen LogP contribution in [0.4, 0.5) is 0 Å². The number of esters is 3.